The molecule has 110 valence electrons. The molecule has 0 spiro atoms. The van der Waals surface area contributed by atoms with Crippen LogP contribution in [0.1, 0.15) is 61.3 Å². The fourth-order valence-corrected chi connectivity index (χ4v) is 8.36. The third-order valence-corrected chi connectivity index (χ3v) is 9.08. The van der Waals surface area contributed by atoms with E-state index in [1.54, 1.807) is 11.1 Å². The highest BCUT2D eigenvalue weighted by Crippen LogP contribution is 2.46. The van der Waals surface area contributed by atoms with Gasteiger partial charge in [-0.1, -0.05) is 38.1 Å². The summed E-state index contributed by atoms with van der Waals surface area (Å²) in [6.45, 7) is 21.2. The fourth-order valence-electron chi connectivity index (χ4n) is 3.71. The van der Waals surface area contributed by atoms with Crippen LogP contribution in [0.15, 0.2) is 22.3 Å². The first-order chi connectivity index (χ1) is 8.59. The zero-order valence-corrected chi connectivity index (χ0v) is 15.5. The van der Waals surface area contributed by atoms with Crippen molar-refractivity contribution < 1.29 is 0 Å². The van der Waals surface area contributed by atoms with Crippen molar-refractivity contribution in [1.82, 2.24) is 4.98 Å². The molecule has 0 radical (unpaired) electrons. The average molecular weight is 280 g/mol. The Labute approximate surface area is 121 Å². The fraction of sp³-hybridized carbons (Fsp3) is 0.765. The number of hydrogen-bond acceptors (Lipinski definition) is 1. The second-order valence-electron chi connectivity index (χ2n) is 7.16. The molecule has 1 aliphatic rings. The van der Waals surface area contributed by atoms with Crippen molar-refractivity contribution in [3.05, 3.63) is 22.3 Å². The maximum absolute atomic E-state index is 4.08. The van der Waals surface area contributed by atoms with E-state index in [0.717, 1.165) is 0 Å². The van der Waals surface area contributed by atoms with Crippen LogP contribution in [-0.4, -0.2) is 13.8 Å². The molecule has 0 fully saturated rings. The van der Waals surface area contributed by atoms with Crippen LogP contribution >= 0.6 is 0 Å². The lowest BCUT2D eigenvalue weighted by Crippen LogP contribution is -2.59. The molecule has 0 saturated carbocycles. The molecule has 0 unspecified atom stereocenters. The van der Waals surface area contributed by atoms with Crippen LogP contribution in [0, 0.1) is 0 Å². The normalized spacial score (nSPS) is 18.8. The smallest absolute Gasteiger partial charge is 0.131 e. The monoisotopic (exact) mass is 279 g/mol. The van der Waals surface area contributed by atoms with Gasteiger partial charge < -0.3 is 4.98 Å². The summed E-state index contributed by atoms with van der Waals surface area (Å²) in [7, 11) is -1.52. The zero-order chi connectivity index (χ0) is 15.0. The summed E-state index contributed by atoms with van der Waals surface area (Å²) in [5, 5.41) is 0. The molecular formula is C17H33NSi. The highest BCUT2D eigenvalue weighted by molar-refractivity contribution is 6.78. The zero-order valence-electron chi connectivity index (χ0n) is 14.5. The van der Waals surface area contributed by atoms with E-state index < -0.39 is 8.24 Å². The molecule has 0 bridgehead atoms. The first kappa shape index (κ1) is 16.7. The van der Waals surface area contributed by atoms with E-state index in [9.17, 15) is 0 Å². The van der Waals surface area contributed by atoms with Crippen molar-refractivity contribution in [2.24, 2.45) is 0 Å². The second kappa shape index (κ2) is 5.57. The molecule has 2 heteroatoms. The molecule has 1 nitrogen and oxygen atoms in total. The van der Waals surface area contributed by atoms with Gasteiger partial charge in [-0.15, -0.1) is 0 Å². The lowest BCUT2D eigenvalue weighted by molar-refractivity contribution is 0.388. The van der Waals surface area contributed by atoms with Gasteiger partial charge in [0.05, 0.1) is 0 Å². The van der Waals surface area contributed by atoms with Crippen LogP contribution in [0.4, 0.5) is 0 Å². The molecule has 0 aromatic carbocycles. The van der Waals surface area contributed by atoms with Crippen LogP contribution in [0.3, 0.4) is 0 Å². The minimum Gasteiger partial charge on any atom is -0.332 e. The Balaban J connectivity index is 3.09. The van der Waals surface area contributed by atoms with Gasteiger partial charge in [0.15, 0.2) is 0 Å². The van der Waals surface area contributed by atoms with E-state index in [-0.39, 0.29) is 0 Å². The Kier molecular flexibility index (Phi) is 4.90. The Bertz CT molecular complexity index is 387. The first-order valence-electron chi connectivity index (χ1n) is 7.74. The van der Waals surface area contributed by atoms with E-state index in [1.165, 1.54) is 24.0 Å². The van der Waals surface area contributed by atoms with E-state index in [2.05, 4.69) is 66.5 Å². The lowest BCUT2D eigenvalue weighted by atomic mass is 9.98. The highest BCUT2D eigenvalue weighted by atomic mass is 28.3. The van der Waals surface area contributed by atoms with Gasteiger partial charge in [0.1, 0.15) is 8.24 Å². The van der Waals surface area contributed by atoms with E-state index >= 15 is 0 Å². The van der Waals surface area contributed by atoms with Crippen LogP contribution in [0.2, 0.25) is 18.6 Å². The summed E-state index contributed by atoms with van der Waals surface area (Å²) in [5.74, 6) is 0. The summed E-state index contributed by atoms with van der Waals surface area (Å²) >= 11 is 0. The topological polar surface area (TPSA) is 12.0 Å². The summed E-state index contributed by atoms with van der Waals surface area (Å²) in [6, 6.07) is 0. The third-order valence-electron chi connectivity index (χ3n) is 5.52. The van der Waals surface area contributed by atoms with E-state index in [4.69, 9.17) is 0 Å². The van der Waals surface area contributed by atoms with Crippen LogP contribution < -0.4 is 4.98 Å². The van der Waals surface area contributed by atoms with Crippen LogP contribution in [0.5, 0.6) is 0 Å². The Morgan fingerprint density at radius 1 is 0.947 bits per heavy atom. The maximum atomic E-state index is 4.08. The van der Waals surface area contributed by atoms with Gasteiger partial charge >= 0.3 is 0 Å². The van der Waals surface area contributed by atoms with Crippen molar-refractivity contribution in [3.63, 3.8) is 0 Å². The number of allylic oxidation sites excluding steroid dienone is 4. The number of nitrogens with one attached hydrogen (secondary N) is 1. The highest BCUT2D eigenvalue weighted by Gasteiger charge is 2.41. The van der Waals surface area contributed by atoms with Crippen LogP contribution in [0.25, 0.3) is 0 Å². The second-order valence-corrected chi connectivity index (χ2v) is 11.4. The van der Waals surface area contributed by atoms with Gasteiger partial charge in [0.25, 0.3) is 0 Å². The molecule has 0 heterocycles. The van der Waals surface area contributed by atoms with Gasteiger partial charge in [-0.3, -0.25) is 0 Å². The molecule has 0 aromatic rings. The molecule has 0 aromatic heterocycles. The Morgan fingerprint density at radius 2 is 1.32 bits per heavy atom. The van der Waals surface area contributed by atoms with Gasteiger partial charge in [0, 0.05) is 11.1 Å². The molecule has 0 saturated heterocycles. The van der Waals surface area contributed by atoms with Gasteiger partial charge in [-0.05, 0) is 58.6 Å². The van der Waals surface area contributed by atoms with Crippen molar-refractivity contribution in [2.75, 3.05) is 0 Å². The van der Waals surface area contributed by atoms with E-state index in [1.807, 2.05) is 0 Å². The molecule has 1 rings (SSSR count). The molecule has 19 heavy (non-hydrogen) atoms. The van der Waals surface area contributed by atoms with Crippen molar-refractivity contribution in [1.29, 1.82) is 0 Å². The summed E-state index contributed by atoms with van der Waals surface area (Å²) in [6.07, 6.45) is 2.41. The standard InChI is InChI=1S/C17H33NSi/c1-10-17(7,11-2)18-19(8,9)16-14(5)12(3)13(4)15(16)6/h16,18H,10-11H2,1-9H3. The Morgan fingerprint density at radius 3 is 1.63 bits per heavy atom. The van der Waals surface area contributed by atoms with Gasteiger partial charge in [-0.2, -0.15) is 0 Å². The summed E-state index contributed by atoms with van der Waals surface area (Å²) in [4.78, 5) is 4.08. The SMILES string of the molecule is CCC(C)(CC)N[Si](C)(C)C1C(C)=C(C)C(C)=C1C. The van der Waals surface area contributed by atoms with Crippen molar-refractivity contribution in [3.8, 4) is 0 Å². The molecular weight excluding hydrogens is 246 g/mol. The molecule has 0 atom stereocenters. The van der Waals surface area contributed by atoms with Crippen molar-refractivity contribution >= 4 is 8.24 Å². The number of hydrogen-bond donors (Lipinski definition) is 1. The summed E-state index contributed by atoms with van der Waals surface area (Å²) in [5.41, 5.74) is 7.23. The lowest BCUT2D eigenvalue weighted by Gasteiger charge is -2.42. The predicted molar refractivity (Wildman–Crippen MR) is 90.1 cm³/mol. The average Bonchev–Trinajstić information content (AvgIpc) is 2.53. The molecule has 1 N–H and O–H groups in total. The van der Waals surface area contributed by atoms with Crippen LogP contribution in [-0.2, 0) is 0 Å². The minimum absolute atomic E-state index is 0.292. The molecule has 0 aliphatic heterocycles. The minimum atomic E-state index is -1.52. The summed E-state index contributed by atoms with van der Waals surface area (Å²) < 4.78 is 0. The molecule has 1 aliphatic carbocycles. The van der Waals surface area contributed by atoms with Gasteiger partial charge in [-0.25, -0.2) is 0 Å². The molecule has 0 amide bonds. The largest absolute Gasteiger partial charge is 0.332 e. The Hall–Kier alpha value is -0.343. The maximum Gasteiger partial charge on any atom is 0.131 e. The third kappa shape index (κ3) is 3.05. The predicted octanol–water partition coefficient (Wildman–Crippen LogP) is 5.42. The quantitative estimate of drug-likeness (QED) is 0.663. The van der Waals surface area contributed by atoms with E-state index in [0.29, 0.717) is 11.1 Å². The number of rotatable bonds is 5. The first-order valence-corrected chi connectivity index (χ1v) is 10.8. The van der Waals surface area contributed by atoms with Crippen molar-refractivity contribution in [2.45, 2.75) is 85.5 Å². The van der Waals surface area contributed by atoms with Gasteiger partial charge in [0.2, 0.25) is 0 Å².